The summed E-state index contributed by atoms with van der Waals surface area (Å²) in [6, 6.07) is 6.51. The van der Waals surface area contributed by atoms with Crippen LogP contribution in [0.25, 0.3) is 0 Å². The molecule has 4 nitrogen and oxygen atoms in total. The number of nitrogens with two attached hydrogens (primary N) is 1. The van der Waals surface area contributed by atoms with Crippen molar-refractivity contribution in [2.75, 3.05) is 0 Å². The van der Waals surface area contributed by atoms with Crippen molar-refractivity contribution in [1.29, 1.82) is 0 Å². The highest BCUT2D eigenvalue weighted by Gasteiger charge is 1.98. The highest BCUT2D eigenvalue weighted by atomic mass is 16.6. The molecule has 0 saturated heterocycles. The Bertz CT molecular complexity index is 285. The molecule has 0 radical (unpaired) electrons. The summed E-state index contributed by atoms with van der Waals surface area (Å²) >= 11 is 0. The van der Waals surface area contributed by atoms with E-state index in [1.807, 2.05) is 0 Å². The van der Waals surface area contributed by atoms with Crippen LogP contribution in [0, 0.1) is 0 Å². The van der Waals surface area contributed by atoms with E-state index in [-0.39, 0.29) is 5.97 Å². The molecule has 0 aromatic heterocycles. The van der Waals surface area contributed by atoms with Crippen LogP contribution in [0.15, 0.2) is 24.3 Å². The molecule has 1 aromatic carbocycles. The Morgan fingerprint density at radius 1 is 1.42 bits per heavy atom. The Balaban J connectivity index is 2.79. The van der Waals surface area contributed by atoms with E-state index in [2.05, 4.69) is 4.84 Å². The maximum absolute atomic E-state index is 10.5. The molecule has 12 heavy (non-hydrogen) atoms. The van der Waals surface area contributed by atoms with E-state index < -0.39 is 0 Å². The van der Waals surface area contributed by atoms with E-state index in [1.165, 1.54) is 13.0 Å². The van der Waals surface area contributed by atoms with Crippen molar-refractivity contribution in [2.45, 2.75) is 6.92 Å². The number of rotatable bonds is 2. The first-order valence-electron chi connectivity index (χ1n) is 3.37. The van der Waals surface area contributed by atoms with Gasteiger partial charge in [-0.15, -0.1) is 0 Å². The number of hydrogen-bond donors (Lipinski definition) is 1. The Morgan fingerprint density at radius 3 is 2.67 bits per heavy atom. The minimum absolute atomic E-state index is 0.371. The summed E-state index contributed by atoms with van der Waals surface area (Å²) < 4.78 is 4.78. The van der Waals surface area contributed by atoms with Crippen molar-refractivity contribution in [1.82, 2.24) is 0 Å². The van der Waals surface area contributed by atoms with E-state index in [9.17, 15) is 4.79 Å². The number of esters is 1. The zero-order valence-corrected chi connectivity index (χ0v) is 6.61. The van der Waals surface area contributed by atoms with Gasteiger partial charge in [0.15, 0.2) is 5.75 Å². The summed E-state index contributed by atoms with van der Waals surface area (Å²) in [7, 11) is 0. The lowest BCUT2D eigenvalue weighted by atomic mass is 10.3. The second-order valence-electron chi connectivity index (χ2n) is 2.19. The lowest BCUT2D eigenvalue weighted by Crippen LogP contribution is -2.04. The van der Waals surface area contributed by atoms with Crippen LogP contribution in [0.4, 0.5) is 0 Å². The molecule has 64 valence electrons. The predicted molar refractivity (Wildman–Crippen MR) is 42.6 cm³/mol. The van der Waals surface area contributed by atoms with Crippen LogP contribution in [0.1, 0.15) is 6.92 Å². The molecule has 0 spiro atoms. The zero-order chi connectivity index (χ0) is 8.97. The van der Waals surface area contributed by atoms with Gasteiger partial charge in [0.25, 0.3) is 0 Å². The standard InChI is InChI=1S/C8H9NO3/c1-6(10)11-7-3-2-4-8(5-7)12-9/h2-5H,9H2,1H3. The number of hydrogen-bond acceptors (Lipinski definition) is 4. The Kier molecular flexibility index (Phi) is 2.66. The van der Waals surface area contributed by atoms with Gasteiger partial charge in [-0.25, -0.2) is 0 Å². The molecule has 0 aliphatic heterocycles. The van der Waals surface area contributed by atoms with Crippen LogP contribution in [0.3, 0.4) is 0 Å². The summed E-state index contributed by atoms with van der Waals surface area (Å²) in [5, 5.41) is 0. The van der Waals surface area contributed by atoms with Crippen LogP contribution in [0.2, 0.25) is 0 Å². The van der Waals surface area contributed by atoms with Crippen molar-refractivity contribution >= 4 is 5.97 Å². The van der Waals surface area contributed by atoms with Gasteiger partial charge in [0.2, 0.25) is 0 Å². The Morgan fingerprint density at radius 2 is 2.08 bits per heavy atom. The van der Waals surface area contributed by atoms with Crippen molar-refractivity contribution in [3.8, 4) is 11.5 Å². The first kappa shape index (κ1) is 8.55. The van der Waals surface area contributed by atoms with Gasteiger partial charge in [-0.05, 0) is 12.1 Å². The van der Waals surface area contributed by atoms with Gasteiger partial charge >= 0.3 is 5.97 Å². The normalized spacial score (nSPS) is 9.17. The molecular formula is C8H9NO3. The molecule has 1 rings (SSSR count). The lowest BCUT2D eigenvalue weighted by molar-refractivity contribution is -0.131. The highest BCUT2D eigenvalue weighted by molar-refractivity contribution is 5.69. The first-order valence-corrected chi connectivity index (χ1v) is 3.37. The van der Waals surface area contributed by atoms with E-state index in [0.29, 0.717) is 11.5 Å². The van der Waals surface area contributed by atoms with Gasteiger partial charge in [0.05, 0.1) is 0 Å². The molecule has 0 heterocycles. The SMILES string of the molecule is CC(=O)Oc1cccc(ON)c1. The average Bonchev–Trinajstić information content (AvgIpc) is 2.03. The molecule has 0 aliphatic carbocycles. The maximum Gasteiger partial charge on any atom is 0.308 e. The topological polar surface area (TPSA) is 61.5 Å². The third kappa shape index (κ3) is 2.25. The number of benzene rings is 1. The molecule has 0 aliphatic rings. The minimum atomic E-state index is -0.371. The molecule has 2 N–H and O–H groups in total. The summed E-state index contributed by atoms with van der Waals surface area (Å²) in [5.41, 5.74) is 0. The van der Waals surface area contributed by atoms with Gasteiger partial charge in [-0.1, -0.05) is 6.07 Å². The fourth-order valence-corrected chi connectivity index (χ4v) is 0.777. The highest BCUT2D eigenvalue weighted by Crippen LogP contribution is 2.18. The summed E-state index contributed by atoms with van der Waals surface area (Å²) in [6.45, 7) is 1.33. The summed E-state index contributed by atoms with van der Waals surface area (Å²) in [6.07, 6.45) is 0. The van der Waals surface area contributed by atoms with Crippen molar-refractivity contribution in [3.05, 3.63) is 24.3 Å². The minimum Gasteiger partial charge on any atom is -0.427 e. The fraction of sp³-hybridized carbons (Fsp3) is 0.125. The van der Waals surface area contributed by atoms with E-state index >= 15 is 0 Å². The third-order valence-electron chi connectivity index (χ3n) is 1.20. The molecule has 0 fully saturated rings. The van der Waals surface area contributed by atoms with Gasteiger partial charge in [0, 0.05) is 13.0 Å². The van der Waals surface area contributed by atoms with Gasteiger partial charge in [-0.3, -0.25) is 4.79 Å². The number of carbonyl (C=O) groups excluding carboxylic acids is 1. The van der Waals surface area contributed by atoms with Crippen LogP contribution < -0.4 is 15.5 Å². The van der Waals surface area contributed by atoms with E-state index in [1.54, 1.807) is 18.2 Å². The molecule has 0 unspecified atom stereocenters. The largest absolute Gasteiger partial charge is 0.427 e. The van der Waals surface area contributed by atoms with Crippen molar-refractivity contribution in [2.24, 2.45) is 5.90 Å². The molecule has 1 aromatic rings. The van der Waals surface area contributed by atoms with Gasteiger partial charge in [0.1, 0.15) is 5.75 Å². The van der Waals surface area contributed by atoms with Crippen molar-refractivity contribution < 1.29 is 14.4 Å². The number of ether oxygens (including phenoxy) is 1. The third-order valence-corrected chi connectivity index (χ3v) is 1.20. The molecule has 0 atom stereocenters. The predicted octanol–water partition coefficient (Wildman–Crippen LogP) is 0.864. The fourth-order valence-electron chi connectivity index (χ4n) is 0.777. The zero-order valence-electron chi connectivity index (χ0n) is 6.61. The average molecular weight is 167 g/mol. The van der Waals surface area contributed by atoms with Gasteiger partial charge in [-0.2, -0.15) is 5.90 Å². The second-order valence-corrected chi connectivity index (χ2v) is 2.19. The molecule has 0 saturated carbocycles. The van der Waals surface area contributed by atoms with Crippen LogP contribution >= 0.6 is 0 Å². The Hall–Kier alpha value is -1.55. The molecule has 0 amide bonds. The molecule has 0 bridgehead atoms. The first-order chi connectivity index (χ1) is 5.72. The lowest BCUT2D eigenvalue weighted by Gasteiger charge is -2.02. The van der Waals surface area contributed by atoms with Crippen molar-refractivity contribution in [3.63, 3.8) is 0 Å². The van der Waals surface area contributed by atoms with Crippen LogP contribution in [-0.4, -0.2) is 5.97 Å². The van der Waals surface area contributed by atoms with Crippen LogP contribution in [-0.2, 0) is 4.79 Å². The van der Waals surface area contributed by atoms with E-state index in [0.717, 1.165) is 0 Å². The molecular weight excluding hydrogens is 158 g/mol. The van der Waals surface area contributed by atoms with Gasteiger partial charge < -0.3 is 9.57 Å². The number of carbonyl (C=O) groups is 1. The monoisotopic (exact) mass is 167 g/mol. The second kappa shape index (κ2) is 3.73. The van der Waals surface area contributed by atoms with E-state index in [4.69, 9.17) is 10.6 Å². The maximum atomic E-state index is 10.5. The summed E-state index contributed by atoms with van der Waals surface area (Å²) in [5.74, 6) is 5.41. The van der Waals surface area contributed by atoms with Crippen LogP contribution in [0.5, 0.6) is 11.5 Å². The summed E-state index contributed by atoms with van der Waals surface area (Å²) in [4.78, 5) is 15.0. The Labute approximate surface area is 69.8 Å². The smallest absolute Gasteiger partial charge is 0.308 e. The molecule has 4 heteroatoms. The quantitative estimate of drug-likeness (QED) is 0.403.